The summed E-state index contributed by atoms with van der Waals surface area (Å²) in [5, 5.41) is 16.7. The zero-order chi connectivity index (χ0) is 20.3. The molecule has 2 saturated heterocycles. The number of hydrogen-bond acceptors (Lipinski definition) is 7. The number of carbonyl (C=O) groups is 3. The van der Waals surface area contributed by atoms with E-state index in [-0.39, 0.29) is 17.6 Å². The fraction of sp³-hybridized carbons (Fsp3) is 0.667. The van der Waals surface area contributed by atoms with Gasteiger partial charge in [0.15, 0.2) is 0 Å². The number of nitrogens with zero attached hydrogens (tertiary/aromatic N) is 3. The van der Waals surface area contributed by atoms with E-state index < -0.39 is 23.7 Å². The van der Waals surface area contributed by atoms with Crippen LogP contribution in [0.1, 0.15) is 43.2 Å². The summed E-state index contributed by atoms with van der Waals surface area (Å²) in [6.45, 7) is 2.58. The van der Waals surface area contributed by atoms with Crippen LogP contribution in [0.5, 0.6) is 0 Å². The van der Waals surface area contributed by atoms with Crippen molar-refractivity contribution >= 4 is 29.5 Å². The molecule has 2 amide bonds. The van der Waals surface area contributed by atoms with Crippen molar-refractivity contribution in [1.29, 1.82) is 0 Å². The minimum absolute atomic E-state index is 0.154. The summed E-state index contributed by atoms with van der Waals surface area (Å²) >= 11 is 1.65. The number of nitrogens with one attached hydrogen (secondary N) is 1. The Morgan fingerprint density at radius 3 is 2.71 bits per heavy atom. The molecule has 2 atom stereocenters. The van der Waals surface area contributed by atoms with Gasteiger partial charge in [0, 0.05) is 32.0 Å². The quantitative estimate of drug-likeness (QED) is 0.685. The Balaban J connectivity index is 1.80. The van der Waals surface area contributed by atoms with E-state index >= 15 is 0 Å². The van der Waals surface area contributed by atoms with E-state index in [1.807, 2.05) is 6.26 Å². The summed E-state index contributed by atoms with van der Waals surface area (Å²) in [5.41, 5.74) is -0.739. The molecule has 0 saturated carbocycles. The molecule has 10 heteroatoms. The molecule has 1 aromatic heterocycles. The largest absolute Gasteiger partial charge is 0.480 e. The van der Waals surface area contributed by atoms with Gasteiger partial charge in [-0.3, -0.25) is 14.9 Å². The Bertz CT molecular complexity index is 718. The van der Waals surface area contributed by atoms with E-state index in [4.69, 9.17) is 4.52 Å². The van der Waals surface area contributed by atoms with E-state index in [2.05, 4.69) is 10.5 Å². The Morgan fingerprint density at radius 2 is 2.18 bits per heavy atom. The van der Waals surface area contributed by atoms with E-state index in [1.165, 1.54) is 17.2 Å². The van der Waals surface area contributed by atoms with Crippen LogP contribution < -0.4 is 5.32 Å². The molecule has 2 N–H and O–H groups in total. The Kier molecular flexibility index (Phi) is 6.29. The first kappa shape index (κ1) is 20.7. The van der Waals surface area contributed by atoms with Crippen molar-refractivity contribution in [2.75, 3.05) is 25.1 Å². The fourth-order valence-electron chi connectivity index (χ4n) is 4.13. The third-order valence-corrected chi connectivity index (χ3v) is 6.20. The lowest BCUT2D eigenvalue weighted by atomic mass is 9.93. The van der Waals surface area contributed by atoms with E-state index in [1.54, 1.807) is 23.6 Å². The number of thioether (sulfide) groups is 1. The summed E-state index contributed by atoms with van der Waals surface area (Å²) in [6, 6.07) is 0.250. The van der Waals surface area contributed by atoms with Crippen LogP contribution in [-0.2, 0) is 9.59 Å². The van der Waals surface area contributed by atoms with Gasteiger partial charge in [-0.05, 0) is 24.9 Å². The number of piperidine rings is 1. The lowest BCUT2D eigenvalue weighted by Gasteiger charge is -2.46. The van der Waals surface area contributed by atoms with Crippen LogP contribution in [0.25, 0.3) is 0 Å². The van der Waals surface area contributed by atoms with Crippen LogP contribution >= 0.6 is 11.8 Å². The predicted molar refractivity (Wildman–Crippen MR) is 103 cm³/mol. The number of amides is 2. The molecule has 2 aliphatic heterocycles. The van der Waals surface area contributed by atoms with Crippen LogP contribution in [0.3, 0.4) is 0 Å². The minimum Gasteiger partial charge on any atom is -0.480 e. The first-order chi connectivity index (χ1) is 13.4. The molecular formula is C18H26N4O5S. The third-order valence-electron chi connectivity index (χ3n) is 5.56. The van der Waals surface area contributed by atoms with Gasteiger partial charge in [-0.2, -0.15) is 11.8 Å². The molecule has 3 heterocycles. The van der Waals surface area contributed by atoms with Crippen molar-refractivity contribution in [2.45, 2.75) is 50.4 Å². The maximum atomic E-state index is 13.1. The number of aliphatic carboxylic acids is 1. The number of carbonyl (C=O) groups excluding carboxylic acids is 2. The Labute approximate surface area is 167 Å². The molecule has 2 aliphatic rings. The second-order valence-corrected chi connectivity index (χ2v) is 8.13. The van der Waals surface area contributed by atoms with Crippen molar-refractivity contribution in [2.24, 2.45) is 0 Å². The second-order valence-electron chi connectivity index (χ2n) is 7.15. The van der Waals surface area contributed by atoms with Crippen molar-refractivity contribution < 1.29 is 24.0 Å². The predicted octanol–water partition coefficient (Wildman–Crippen LogP) is 1.02. The zero-order valence-corrected chi connectivity index (χ0v) is 16.9. The highest BCUT2D eigenvalue weighted by molar-refractivity contribution is 7.98. The summed E-state index contributed by atoms with van der Waals surface area (Å²) < 4.78 is 4.95. The van der Waals surface area contributed by atoms with Gasteiger partial charge in [-0.1, -0.05) is 12.1 Å². The first-order valence-corrected chi connectivity index (χ1v) is 10.9. The van der Waals surface area contributed by atoms with Gasteiger partial charge in [-0.15, -0.1) is 0 Å². The molecule has 0 aromatic carbocycles. The number of rotatable bonds is 7. The summed E-state index contributed by atoms with van der Waals surface area (Å²) in [5.74, 6) is -0.403. The smallest absolute Gasteiger partial charge is 0.326 e. The molecule has 154 valence electrons. The van der Waals surface area contributed by atoms with Crippen molar-refractivity contribution in [3.63, 3.8) is 0 Å². The highest BCUT2D eigenvalue weighted by Crippen LogP contribution is 2.36. The van der Waals surface area contributed by atoms with Crippen molar-refractivity contribution in [1.82, 2.24) is 20.3 Å². The first-order valence-electron chi connectivity index (χ1n) is 9.46. The number of carboxylic acid groups (broad SMARTS) is 1. The fourth-order valence-corrected chi connectivity index (χ4v) is 4.60. The molecule has 1 aromatic rings. The van der Waals surface area contributed by atoms with Gasteiger partial charge >= 0.3 is 5.97 Å². The zero-order valence-electron chi connectivity index (χ0n) is 16.1. The van der Waals surface area contributed by atoms with Crippen molar-refractivity contribution in [3.8, 4) is 0 Å². The Hall–Kier alpha value is -2.07. The number of likely N-dealkylation sites (tertiary alicyclic amines) is 1. The average Bonchev–Trinajstić information content (AvgIpc) is 3.30. The van der Waals surface area contributed by atoms with Crippen LogP contribution in [0.2, 0.25) is 0 Å². The topological polar surface area (TPSA) is 116 Å². The lowest BCUT2D eigenvalue weighted by molar-refractivity contribution is -0.154. The Morgan fingerprint density at radius 1 is 1.46 bits per heavy atom. The van der Waals surface area contributed by atoms with Crippen LogP contribution in [0, 0.1) is 0 Å². The molecule has 9 nitrogen and oxygen atoms in total. The highest BCUT2D eigenvalue weighted by Gasteiger charge is 2.55. The van der Waals surface area contributed by atoms with Gasteiger partial charge in [0.1, 0.15) is 6.04 Å². The van der Waals surface area contributed by atoms with Gasteiger partial charge in [-0.25, -0.2) is 4.79 Å². The number of carboxylic acids is 1. The minimum atomic E-state index is -0.997. The normalized spacial score (nSPS) is 22.6. The van der Waals surface area contributed by atoms with Gasteiger partial charge in [0.25, 0.3) is 5.91 Å². The molecule has 0 radical (unpaired) electrons. The lowest BCUT2D eigenvalue weighted by Crippen LogP contribution is -2.63. The molecule has 3 rings (SSSR count). The van der Waals surface area contributed by atoms with E-state index in [0.717, 1.165) is 5.75 Å². The summed E-state index contributed by atoms with van der Waals surface area (Å²) in [4.78, 5) is 40.6. The van der Waals surface area contributed by atoms with E-state index in [0.29, 0.717) is 38.8 Å². The van der Waals surface area contributed by atoms with Crippen molar-refractivity contribution in [3.05, 3.63) is 18.0 Å². The molecule has 2 fully saturated rings. The standard InChI is InChI=1S/C18H26N4O5S/c1-3-13(17(25)26)22-15(23)12(5-11-28-2)20-18(22)6-9-21(10-7-18)16(24)14-4-8-19-27-14/h4,8,12-13,20H,3,5-7,9-11H2,1-2H3,(H,25,26). The SMILES string of the molecule is CCC(C(=O)O)N1C(=O)C(CCSC)NC12CCN(C(=O)c1ccno1)CC2. The molecule has 28 heavy (non-hydrogen) atoms. The summed E-state index contributed by atoms with van der Waals surface area (Å²) in [6.07, 6.45) is 5.32. The van der Waals surface area contributed by atoms with Gasteiger partial charge < -0.3 is 19.4 Å². The number of hydrogen-bond donors (Lipinski definition) is 2. The molecular weight excluding hydrogens is 384 g/mol. The number of aromatic nitrogens is 1. The highest BCUT2D eigenvalue weighted by atomic mass is 32.2. The third kappa shape index (κ3) is 3.75. The maximum absolute atomic E-state index is 13.1. The molecule has 1 spiro atoms. The van der Waals surface area contributed by atoms with Crippen LogP contribution in [0.4, 0.5) is 0 Å². The van der Waals surface area contributed by atoms with Gasteiger partial charge in [0.2, 0.25) is 11.7 Å². The maximum Gasteiger partial charge on any atom is 0.326 e. The molecule has 0 bridgehead atoms. The van der Waals surface area contributed by atoms with E-state index in [9.17, 15) is 19.5 Å². The average molecular weight is 410 g/mol. The molecule has 2 unspecified atom stereocenters. The van der Waals surface area contributed by atoms with Gasteiger partial charge in [0.05, 0.1) is 17.9 Å². The van der Waals surface area contributed by atoms with Crippen LogP contribution in [-0.4, -0.2) is 80.7 Å². The molecule has 0 aliphatic carbocycles. The monoisotopic (exact) mass is 410 g/mol. The van der Waals surface area contributed by atoms with Crippen LogP contribution in [0.15, 0.2) is 16.8 Å². The second kappa shape index (κ2) is 8.52. The summed E-state index contributed by atoms with van der Waals surface area (Å²) in [7, 11) is 0.